The lowest BCUT2D eigenvalue weighted by atomic mass is 10.1. The van der Waals surface area contributed by atoms with Crippen LogP contribution in [-0.4, -0.2) is 30.5 Å². The maximum Gasteiger partial charge on any atom is 0.338 e. The maximum absolute atomic E-state index is 12.0. The summed E-state index contributed by atoms with van der Waals surface area (Å²) in [4.78, 5) is 34.2. The van der Waals surface area contributed by atoms with Crippen molar-refractivity contribution in [3.05, 3.63) is 58.0 Å². The van der Waals surface area contributed by atoms with Gasteiger partial charge in [-0.3, -0.25) is 14.9 Å². The molecule has 0 aliphatic carbocycles. The molecular formula is C16H17N3O6. The summed E-state index contributed by atoms with van der Waals surface area (Å²) in [5.74, 6) is -0.775. The van der Waals surface area contributed by atoms with Crippen LogP contribution in [0.25, 0.3) is 0 Å². The Balaban J connectivity index is 1.94. The minimum absolute atomic E-state index is 0.0161. The van der Waals surface area contributed by atoms with Crippen LogP contribution >= 0.6 is 0 Å². The van der Waals surface area contributed by atoms with Gasteiger partial charge in [-0.25, -0.2) is 4.79 Å². The molecule has 2 aromatic rings. The van der Waals surface area contributed by atoms with Gasteiger partial charge in [-0.1, -0.05) is 0 Å². The van der Waals surface area contributed by atoms with E-state index in [4.69, 9.17) is 9.15 Å². The first-order valence-electron chi connectivity index (χ1n) is 7.38. The Hall–Kier alpha value is -3.36. The van der Waals surface area contributed by atoms with Crippen molar-refractivity contribution < 1.29 is 23.7 Å². The molecular weight excluding hydrogens is 330 g/mol. The van der Waals surface area contributed by atoms with Crippen molar-refractivity contribution in [1.82, 2.24) is 5.32 Å². The fourth-order valence-corrected chi connectivity index (χ4v) is 2.13. The van der Waals surface area contributed by atoms with Gasteiger partial charge in [-0.15, -0.1) is 0 Å². The third kappa shape index (κ3) is 4.56. The first kappa shape index (κ1) is 18.0. The second-order valence-electron chi connectivity index (χ2n) is 5.12. The van der Waals surface area contributed by atoms with Crippen LogP contribution in [0.3, 0.4) is 0 Å². The number of anilines is 1. The Morgan fingerprint density at radius 2 is 2.12 bits per heavy atom. The number of benzene rings is 1. The summed E-state index contributed by atoms with van der Waals surface area (Å²) in [6.07, 6.45) is 1.49. The fraction of sp³-hybridized carbons (Fsp3) is 0.250. The first-order valence-corrected chi connectivity index (χ1v) is 7.38. The number of nitro benzene ring substituents is 1. The van der Waals surface area contributed by atoms with Gasteiger partial charge in [0.15, 0.2) is 6.61 Å². The normalized spacial score (nSPS) is 11.4. The quantitative estimate of drug-likeness (QED) is 0.447. The molecule has 0 aliphatic heterocycles. The molecule has 1 amide bonds. The molecule has 0 spiro atoms. The number of hydrogen-bond donors (Lipinski definition) is 2. The van der Waals surface area contributed by atoms with E-state index >= 15 is 0 Å². The summed E-state index contributed by atoms with van der Waals surface area (Å²) in [6, 6.07) is 6.90. The summed E-state index contributed by atoms with van der Waals surface area (Å²) >= 11 is 0. The number of furan rings is 1. The van der Waals surface area contributed by atoms with Crippen LogP contribution in [0.2, 0.25) is 0 Å². The van der Waals surface area contributed by atoms with Gasteiger partial charge in [-0.2, -0.15) is 0 Å². The van der Waals surface area contributed by atoms with Gasteiger partial charge < -0.3 is 19.8 Å². The largest absolute Gasteiger partial charge is 0.467 e. The van der Waals surface area contributed by atoms with Crippen molar-refractivity contribution in [3.8, 4) is 0 Å². The second-order valence-corrected chi connectivity index (χ2v) is 5.12. The zero-order valence-electron chi connectivity index (χ0n) is 13.6. The number of esters is 1. The Morgan fingerprint density at radius 3 is 2.72 bits per heavy atom. The van der Waals surface area contributed by atoms with E-state index < -0.39 is 23.4 Å². The van der Waals surface area contributed by atoms with E-state index in [0.29, 0.717) is 5.76 Å². The lowest BCUT2D eigenvalue weighted by Gasteiger charge is -2.11. The van der Waals surface area contributed by atoms with Gasteiger partial charge in [0.05, 0.1) is 22.8 Å². The molecule has 132 valence electrons. The average Bonchev–Trinajstić information content (AvgIpc) is 3.13. The van der Waals surface area contributed by atoms with E-state index in [1.807, 2.05) is 0 Å². The van der Waals surface area contributed by atoms with E-state index in [0.717, 1.165) is 6.07 Å². The standard InChI is InChI=1S/C16H17N3O6/c1-10(14-4-3-7-24-14)18-15(20)9-25-16(21)11-5-6-12(17-2)13(8-11)19(22)23/h3-8,10,17H,9H2,1-2H3,(H,18,20)/t10-/m1/s1. The molecule has 0 bridgehead atoms. The molecule has 0 saturated heterocycles. The van der Waals surface area contributed by atoms with Crippen molar-refractivity contribution in [2.45, 2.75) is 13.0 Å². The molecule has 9 nitrogen and oxygen atoms in total. The van der Waals surface area contributed by atoms with E-state index in [-0.39, 0.29) is 23.0 Å². The van der Waals surface area contributed by atoms with Crippen LogP contribution in [0.1, 0.15) is 29.1 Å². The van der Waals surface area contributed by atoms with Gasteiger partial charge in [0.2, 0.25) is 0 Å². The lowest BCUT2D eigenvalue weighted by molar-refractivity contribution is -0.384. The summed E-state index contributed by atoms with van der Waals surface area (Å²) < 4.78 is 10.0. The number of carbonyl (C=O) groups is 2. The predicted octanol–water partition coefficient (Wildman–Crippen LogP) is 2.26. The van der Waals surface area contributed by atoms with Crippen molar-refractivity contribution >= 4 is 23.3 Å². The summed E-state index contributed by atoms with van der Waals surface area (Å²) in [7, 11) is 1.53. The average molecular weight is 347 g/mol. The number of hydrogen-bond acceptors (Lipinski definition) is 7. The van der Waals surface area contributed by atoms with Gasteiger partial charge in [0, 0.05) is 13.1 Å². The molecule has 0 fully saturated rings. The van der Waals surface area contributed by atoms with Crippen molar-refractivity contribution in [2.75, 3.05) is 19.0 Å². The predicted molar refractivity (Wildman–Crippen MR) is 88.2 cm³/mol. The van der Waals surface area contributed by atoms with Crippen LogP contribution in [0, 0.1) is 10.1 Å². The molecule has 25 heavy (non-hydrogen) atoms. The van der Waals surface area contributed by atoms with Crippen LogP contribution in [-0.2, 0) is 9.53 Å². The number of nitro groups is 1. The van der Waals surface area contributed by atoms with Crippen molar-refractivity contribution in [3.63, 3.8) is 0 Å². The number of ether oxygens (including phenoxy) is 1. The van der Waals surface area contributed by atoms with Crippen LogP contribution in [0.15, 0.2) is 41.0 Å². The maximum atomic E-state index is 12.0. The van der Waals surface area contributed by atoms with Crippen LogP contribution in [0.4, 0.5) is 11.4 Å². The molecule has 2 rings (SSSR count). The van der Waals surface area contributed by atoms with E-state index in [9.17, 15) is 19.7 Å². The monoisotopic (exact) mass is 347 g/mol. The van der Waals surface area contributed by atoms with Crippen LogP contribution in [0.5, 0.6) is 0 Å². The smallest absolute Gasteiger partial charge is 0.338 e. The van der Waals surface area contributed by atoms with Gasteiger partial charge in [0.25, 0.3) is 11.6 Å². The molecule has 0 saturated carbocycles. The SMILES string of the molecule is CNc1ccc(C(=O)OCC(=O)N[C@H](C)c2ccco2)cc1[N+](=O)[O-]. The Kier molecular flexibility index (Phi) is 5.72. The van der Waals surface area contributed by atoms with E-state index in [1.54, 1.807) is 19.1 Å². The molecule has 0 radical (unpaired) electrons. The fourth-order valence-electron chi connectivity index (χ4n) is 2.13. The van der Waals surface area contributed by atoms with Gasteiger partial charge in [-0.05, 0) is 31.2 Å². The third-order valence-corrected chi connectivity index (χ3v) is 3.38. The minimum atomic E-state index is -0.827. The topological polar surface area (TPSA) is 124 Å². The second kappa shape index (κ2) is 7.95. The van der Waals surface area contributed by atoms with E-state index in [1.165, 1.54) is 25.4 Å². The molecule has 2 N–H and O–H groups in total. The van der Waals surface area contributed by atoms with Crippen molar-refractivity contribution in [2.24, 2.45) is 0 Å². The van der Waals surface area contributed by atoms with E-state index in [2.05, 4.69) is 10.6 Å². The molecule has 1 heterocycles. The lowest BCUT2D eigenvalue weighted by Crippen LogP contribution is -2.31. The Bertz CT molecular complexity index is 772. The number of amides is 1. The molecule has 1 atom stereocenters. The first-order chi connectivity index (χ1) is 11.9. The highest BCUT2D eigenvalue weighted by atomic mass is 16.6. The minimum Gasteiger partial charge on any atom is -0.467 e. The zero-order valence-corrected chi connectivity index (χ0v) is 13.6. The highest BCUT2D eigenvalue weighted by Gasteiger charge is 2.19. The number of nitrogens with zero attached hydrogens (tertiary/aromatic N) is 1. The third-order valence-electron chi connectivity index (χ3n) is 3.38. The molecule has 0 aliphatic rings. The summed E-state index contributed by atoms with van der Waals surface area (Å²) in [5, 5.41) is 16.3. The Morgan fingerprint density at radius 1 is 1.36 bits per heavy atom. The molecule has 1 aromatic heterocycles. The number of carbonyl (C=O) groups excluding carboxylic acids is 2. The van der Waals surface area contributed by atoms with Gasteiger partial charge in [0.1, 0.15) is 11.4 Å². The Labute approximate surface area is 143 Å². The summed E-state index contributed by atoms with van der Waals surface area (Å²) in [6.45, 7) is 1.21. The van der Waals surface area contributed by atoms with Crippen LogP contribution < -0.4 is 10.6 Å². The van der Waals surface area contributed by atoms with Crippen molar-refractivity contribution in [1.29, 1.82) is 0 Å². The summed E-state index contributed by atoms with van der Waals surface area (Å²) in [5.41, 5.74) is -0.00279. The highest BCUT2D eigenvalue weighted by Crippen LogP contribution is 2.25. The highest BCUT2D eigenvalue weighted by molar-refractivity contribution is 5.93. The van der Waals surface area contributed by atoms with Gasteiger partial charge >= 0.3 is 5.97 Å². The molecule has 0 unspecified atom stereocenters. The molecule has 1 aromatic carbocycles. The molecule has 9 heteroatoms. The number of rotatable bonds is 7. The zero-order chi connectivity index (χ0) is 18.4. The number of nitrogens with one attached hydrogen (secondary N) is 2.